The number of anilines is 3. The Kier molecular flexibility index (Phi) is 4.35. The zero-order valence-electron chi connectivity index (χ0n) is 12.7. The van der Waals surface area contributed by atoms with Gasteiger partial charge in [-0.25, -0.2) is 0 Å². The molecule has 0 aliphatic rings. The van der Waals surface area contributed by atoms with Crippen LogP contribution in [-0.2, 0) is 0 Å². The highest BCUT2D eigenvalue weighted by molar-refractivity contribution is 6.30. The molecule has 0 saturated heterocycles. The van der Waals surface area contributed by atoms with Gasteiger partial charge in [-0.2, -0.15) is 15.0 Å². The first-order valence-corrected chi connectivity index (χ1v) is 7.34. The maximum absolute atomic E-state index is 9.98. The number of nitrogen functional groups attached to an aromatic ring is 1. The van der Waals surface area contributed by atoms with Crippen LogP contribution in [0.25, 0.3) is 11.4 Å². The second kappa shape index (κ2) is 6.59. The molecule has 7 nitrogen and oxygen atoms in total. The summed E-state index contributed by atoms with van der Waals surface area (Å²) in [5, 5.41) is 13.5. The van der Waals surface area contributed by atoms with Gasteiger partial charge >= 0.3 is 0 Å². The first kappa shape index (κ1) is 15.8. The number of ether oxygens (including phenoxy) is 1. The van der Waals surface area contributed by atoms with Crippen molar-refractivity contribution >= 4 is 29.2 Å². The Hall–Kier alpha value is -3.06. The molecule has 122 valence electrons. The van der Waals surface area contributed by atoms with E-state index in [9.17, 15) is 5.11 Å². The number of nitrogens with two attached hydrogens (primary N) is 1. The van der Waals surface area contributed by atoms with Crippen LogP contribution in [-0.4, -0.2) is 27.2 Å². The fourth-order valence-electron chi connectivity index (χ4n) is 2.06. The van der Waals surface area contributed by atoms with Gasteiger partial charge in [-0.3, -0.25) is 0 Å². The van der Waals surface area contributed by atoms with E-state index in [2.05, 4.69) is 20.3 Å². The number of aromatic nitrogens is 3. The molecule has 0 bridgehead atoms. The molecule has 0 amide bonds. The molecule has 0 spiro atoms. The molecule has 0 radical (unpaired) electrons. The molecule has 0 atom stereocenters. The number of hydrogen-bond acceptors (Lipinski definition) is 7. The van der Waals surface area contributed by atoms with Gasteiger partial charge in [0, 0.05) is 10.7 Å². The Balaban J connectivity index is 1.95. The monoisotopic (exact) mass is 343 g/mol. The second-order valence-corrected chi connectivity index (χ2v) is 5.29. The summed E-state index contributed by atoms with van der Waals surface area (Å²) in [6, 6.07) is 11.8. The fraction of sp³-hybridized carbons (Fsp3) is 0.0625. The standard InChI is InChI=1S/C16H14ClN5O2/c1-24-11-5-3-10(4-6-11)19-16-21-14(20-15(18)22-16)12-8-9(17)2-7-13(12)23/h2-8,23H,1H3,(H3,18,19,20,21,22). The van der Waals surface area contributed by atoms with E-state index in [0.717, 1.165) is 11.4 Å². The highest BCUT2D eigenvalue weighted by Gasteiger charge is 2.12. The van der Waals surface area contributed by atoms with E-state index in [4.69, 9.17) is 22.1 Å². The van der Waals surface area contributed by atoms with Gasteiger partial charge in [0.1, 0.15) is 11.5 Å². The first-order chi connectivity index (χ1) is 11.5. The van der Waals surface area contributed by atoms with Gasteiger partial charge in [-0.15, -0.1) is 0 Å². The predicted molar refractivity (Wildman–Crippen MR) is 92.6 cm³/mol. The maximum atomic E-state index is 9.98. The summed E-state index contributed by atoms with van der Waals surface area (Å²) in [5.74, 6) is 1.23. The molecule has 0 aliphatic carbocycles. The molecule has 1 aromatic heterocycles. The van der Waals surface area contributed by atoms with Gasteiger partial charge in [0.25, 0.3) is 0 Å². The van der Waals surface area contributed by atoms with Crippen LogP contribution in [0.2, 0.25) is 5.02 Å². The zero-order chi connectivity index (χ0) is 17.1. The van der Waals surface area contributed by atoms with Crippen molar-refractivity contribution < 1.29 is 9.84 Å². The molecule has 0 fully saturated rings. The lowest BCUT2D eigenvalue weighted by Crippen LogP contribution is -2.05. The van der Waals surface area contributed by atoms with E-state index in [-0.39, 0.29) is 23.5 Å². The highest BCUT2D eigenvalue weighted by atomic mass is 35.5. The number of nitrogens with one attached hydrogen (secondary N) is 1. The van der Waals surface area contributed by atoms with Gasteiger partial charge in [-0.05, 0) is 42.5 Å². The second-order valence-electron chi connectivity index (χ2n) is 4.86. The van der Waals surface area contributed by atoms with E-state index in [1.165, 1.54) is 6.07 Å². The molecule has 3 rings (SSSR count). The third-order valence-electron chi connectivity index (χ3n) is 3.20. The topological polar surface area (TPSA) is 106 Å². The van der Waals surface area contributed by atoms with Crippen LogP contribution in [0.1, 0.15) is 0 Å². The van der Waals surface area contributed by atoms with Gasteiger partial charge in [0.05, 0.1) is 12.7 Å². The number of aromatic hydroxyl groups is 1. The normalized spacial score (nSPS) is 10.4. The zero-order valence-corrected chi connectivity index (χ0v) is 13.4. The molecule has 24 heavy (non-hydrogen) atoms. The summed E-state index contributed by atoms with van der Waals surface area (Å²) in [7, 11) is 1.60. The van der Waals surface area contributed by atoms with Gasteiger partial charge in [-0.1, -0.05) is 11.6 Å². The third-order valence-corrected chi connectivity index (χ3v) is 3.43. The van der Waals surface area contributed by atoms with Crippen LogP contribution < -0.4 is 15.8 Å². The molecule has 8 heteroatoms. The fourth-order valence-corrected chi connectivity index (χ4v) is 2.23. The summed E-state index contributed by atoms with van der Waals surface area (Å²) < 4.78 is 5.11. The van der Waals surface area contributed by atoms with Crippen LogP contribution in [0.4, 0.5) is 17.6 Å². The number of phenols is 1. The van der Waals surface area contributed by atoms with E-state index in [1.807, 2.05) is 12.1 Å². The molecule has 1 heterocycles. The summed E-state index contributed by atoms with van der Waals surface area (Å²) in [6.07, 6.45) is 0. The molecule has 0 unspecified atom stereocenters. The van der Waals surface area contributed by atoms with Gasteiger partial charge in [0.15, 0.2) is 5.82 Å². The summed E-state index contributed by atoms with van der Waals surface area (Å²) in [5.41, 5.74) is 6.87. The van der Waals surface area contributed by atoms with Gasteiger partial charge in [0.2, 0.25) is 11.9 Å². The number of halogens is 1. The van der Waals surface area contributed by atoms with Crippen LogP contribution in [0.3, 0.4) is 0 Å². The number of rotatable bonds is 4. The predicted octanol–water partition coefficient (Wildman–Crippen LogP) is 3.23. The average molecular weight is 344 g/mol. The van der Waals surface area contributed by atoms with Crippen molar-refractivity contribution in [3.63, 3.8) is 0 Å². The number of nitrogens with zero attached hydrogens (tertiary/aromatic N) is 3. The minimum atomic E-state index is 0.000368. The van der Waals surface area contributed by atoms with E-state index >= 15 is 0 Å². The van der Waals surface area contributed by atoms with Gasteiger partial charge < -0.3 is 20.9 Å². The minimum absolute atomic E-state index is 0.000368. The van der Waals surface area contributed by atoms with E-state index in [1.54, 1.807) is 31.4 Å². The Labute approximate surface area is 143 Å². The van der Waals surface area contributed by atoms with Crippen LogP contribution >= 0.6 is 11.6 Å². The van der Waals surface area contributed by atoms with Crippen molar-refractivity contribution in [3.05, 3.63) is 47.5 Å². The third kappa shape index (κ3) is 3.47. The van der Waals surface area contributed by atoms with Crippen LogP contribution in [0, 0.1) is 0 Å². The Morgan fingerprint density at radius 3 is 2.54 bits per heavy atom. The molecule has 0 aliphatic heterocycles. The number of hydrogen-bond donors (Lipinski definition) is 3. The molecular weight excluding hydrogens is 330 g/mol. The largest absolute Gasteiger partial charge is 0.507 e. The first-order valence-electron chi connectivity index (χ1n) is 6.96. The molecule has 0 saturated carbocycles. The van der Waals surface area contributed by atoms with Crippen molar-refractivity contribution in [2.24, 2.45) is 0 Å². The average Bonchev–Trinajstić information content (AvgIpc) is 2.57. The van der Waals surface area contributed by atoms with E-state index < -0.39 is 0 Å². The molecule has 3 aromatic rings. The summed E-state index contributed by atoms with van der Waals surface area (Å²) in [4.78, 5) is 12.4. The number of phenolic OH excluding ortho intramolecular Hbond substituents is 1. The quantitative estimate of drug-likeness (QED) is 0.667. The lowest BCUT2D eigenvalue weighted by Gasteiger charge is -2.09. The van der Waals surface area contributed by atoms with E-state index in [0.29, 0.717) is 10.6 Å². The lowest BCUT2D eigenvalue weighted by atomic mass is 10.2. The van der Waals surface area contributed by atoms with Crippen molar-refractivity contribution in [1.82, 2.24) is 15.0 Å². The highest BCUT2D eigenvalue weighted by Crippen LogP contribution is 2.30. The summed E-state index contributed by atoms with van der Waals surface area (Å²) in [6.45, 7) is 0. The Morgan fingerprint density at radius 2 is 1.83 bits per heavy atom. The Morgan fingerprint density at radius 1 is 1.08 bits per heavy atom. The Bertz CT molecular complexity index is 871. The minimum Gasteiger partial charge on any atom is -0.507 e. The van der Waals surface area contributed by atoms with Crippen molar-refractivity contribution in [2.45, 2.75) is 0 Å². The van der Waals surface area contributed by atoms with Crippen LogP contribution in [0.15, 0.2) is 42.5 Å². The maximum Gasteiger partial charge on any atom is 0.232 e. The smallest absolute Gasteiger partial charge is 0.232 e. The summed E-state index contributed by atoms with van der Waals surface area (Å²) >= 11 is 5.96. The molecular formula is C16H14ClN5O2. The lowest BCUT2D eigenvalue weighted by molar-refractivity contribution is 0.415. The SMILES string of the molecule is COc1ccc(Nc2nc(N)nc(-c3cc(Cl)ccc3O)n2)cc1. The van der Waals surface area contributed by atoms with Crippen molar-refractivity contribution in [3.8, 4) is 22.9 Å². The molecule has 2 aromatic carbocycles. The van der Waals surface area contributed by atoms with Crippen LogP contribution in [0.5, 0.6) is 11.5 Å². The number of benzene rings is 2. The van der Waals surface area contributed by atoms with Crippen molar-refractivity contribution in [1.29, 1.82) is 0 Å². The van der Waals surface area contributed by atoms with Crippen molar-refractivity contribution in [2.75, 3.05) is 18.2 Å². The molecule has 4 N–H and O–H groups in total. The number of methoxy groups -OCH3 is 1.